The van der Waals surface area contributed by atoms with Crippen molar-refractivity contribution in [1.82, 2.24) is 4.98 Å². The van der Waals surface area contributed by atoms with Crippen LogP contribution in [0.15, 0.2) is 66.7 Å². The normalized spacial score (nSPS) is 10.9. The van der Waals surface area contributed by atoms with E-state index in [1.165, 1.54) is 38.5 Å². The minimum absolute atomic E-state index is 0.0276. The van der Waals surface area contributed by atoms with Gasteiger partial charge in [-0.1, -0.05) is 24.3 Å². The lowest BCUT2D eigenvalue weighted by Crippen LogP contribution is -2.36. The molecule has 3 rings (SSSR count). The van der Waals surface area contributed by atoms with Crippen LogP contribution in [0.25, 0.3) is 0 Å². The van der Waals surface area contributed by atoms with Crippen molar-refractivity contribution in [2.24, 2.45) is 0 Å². The Bertz CT molecular complexity index is 1150. The van der Waals surface area contributed by atoms with Crippen LogP contribution in [-0.4, -0.2) is 39.8 Å². The number of amides is 1. The van der Waals surface area contributed by atoms with Crippen molar-refractivity contribution >= 4 is 21.6 Å². The van der Waals surface area contributed by atoms with Crippen molar-refractivity contribution in [3.8, 4) is 23.3 Å². The van der Waals surface area contributed by atoms with E-state index in [1.807, 2.05) is 18.2 Å². The van der Waals surface area contributed by atoms with Gasteiger partial charge in [0.1, 0.15) is 17.2 Å². The number of ether oxygens (including phenoxy) is 3. The predicted octanol–water partition coefficient (Wildman–Crippen LogP) is 3.50. The Morgan fingerprint density at radius 3 is 2.23 bits per heavy atom. The SMILES string of the molecule is COc1ccc(N(C(=O)c2cccc(Oc3ccccc3)c2)S(C)(=O)=O)c(OC)n1. The second kappa shape index (κ2) is 8.83. The zero-order valence-electron chi connectivity index (χ0n) is 16.6. The van der Waals surface area contributed by atoms with Gasteiger partial charge in [-0.05, 0) is 36.4 Å². The maximum atomic E-state index is 13.2. The number of hydrogen-bond acceptors (Lipinski definition) is 7. The number of nitrogens with zero attached hydrogens (tertiary/aromatic N) is 2. The number of benzene rings is 2. The van der Waals surface area contributed by atoms with E-state index in [2.05, 4.69) is 4.98 Å². The topological polar surface area (TPSA) is 95.0 Å². The summed E-state index contributed by atoms with van der Waals surface area (Å²) in [6, 6.07) is 18.1. The van der Waals surface area contributed by atoms with Gasteiger partial charge in [-0.25, -0.2) is 8.42 Å². The van der Waals surface area contributed by atoms with Crippen LogP contribution in [0.1, 0.15) is 10.4 Å². The molecular formula is C21H20N2O6S. The minimum atomic E-state index is -4.01. The Morgan fingerprint density at radius 1 is 0.900 bits per heavy atom. The first-order valence-electron chi connectivity index (χ1n) is 8.80. The number of carbonyl (C=O) groups is 1. The molecule has 3 aromatic rings. The summed E-state index contributed by atoms with van der Waals surface area (Å²) in [5.74, 6) is 0.351. The van der Waals surface area contributed by atoms with Crippen molar-refractivity contribution in [1.29, 1.82) is 0 Å². The Hall–Kier alpha value is -3.59. The van der Waals surface area contributed by atoms with Crippen molar-refractivity contribution < 1.29 is 27.4 Å². The third-order valence-electron chi connectivity index (χ3n) is 4.01. The summed E-state index contributed by atoms with van der Waals surface area (Å²) >= 11 is 0. The number of methoxy groups -OCH3 is 2. The van der Waals surface area contributed by atoms with Gasteiger partial charge < -0.3 is 14.2 Å². The number of sulfonamides is 1. The van der Waals surface area contributed by atoms with Crippen molar-refractivity contribution in [2.45, 2.75) is 0 Å². The fraction of sp³-hybridized carbons (Fsp3) is 0.143. The fourth-order valence-electron chi connectivity index (χ4n) is 2.71. The van der Waals surface area contributed by atoms with E-state index in [0.29, 0.717) is 15.8 Å². The lowest BCUT2D eigenvalue weighted by atomic mass is 10.2. The first kappa shape index (κ1) is 21.1. The molecule has 0 aliphatic heterocycles. The van der Waals surface area contributed by atoms with E-state index in [9.17, 15) is 13.2 Å². The van der Waals surface area contributed by atoms with Crippen LogP contribution in [0.5, 0.6) is 23.3 Å². The molecule has 1 aromatic heterocycles. The summed E-state index contributed by atoms with van der Waals surface area (Å²) in [4.78, 5) is 17.3. The van der Waals surface area contributed by atoms with Crippen LogP contribution in [0.3, 0.4) is 0 Å². The average molecular weight is 428 g/mol. The van der Waals surface area contributed by atoms with E-state index in [0.717, 1.165) is 6.26 Å². The standard InChI is InChI=1S/C21H20N2O6S/c1-27-19-13-12-18(20(22-19)28-2)23(30(3,25)26)21(24)15-8-7-11-17(14-15)29-16-9-5-4-6-10-16/h4-14H,1-3H3. The molecule has 0 aliphatic rings. The molecule has 0 spiro atoms. The maximum absolute atomic E-state index is 13.2. The quantitative estimate of drug-likeness (QED) is 0.568. The minimum Gasteiger partial charge on any atom is -0.481 e. The molecule has 0 saturated heterocycles. The lowest BCUT2D eigenvalue weighted by molar-refractivity contribution is 0.100. The van der Waals surface area contributed by atoms with Crippen molar-refractivity contribution in [3.05, 3.63) is 72.3 Å². The third kappa shape index (κ3) is 4.69. The molecule has 2 aromatic carbocycles. The summed E-state index contributed by atoms with van der Waals surface area (Å²) in [5.41, 5.74) is 0.0897. The molecule has 1 heterocycles. The molecule has 0 unspecified atom stereocenters. The fourth-order valence-corrected chi connectivity index (χ4v) is 3.61. The molecular weight excluding hydrogens is 408 g/mol. The largest absolute Gasteiger partial charge is 0.481 e. The smallest absolute Gasteiger partial charge is 0.272 e. The van der Waals surface area contributed by atoms with Crippen molar-refractivity contribution in [2.75, 3.05) is 24.8 Å². The predicted molar refractivity (Wildman–Crippen MR) is 112 cm³/mol. The van der Waals surface area contributed by atoms with Gasteiger partial charge in [-0.2, -0.15) is 9.29 Å². The van der Waals surface area contributed by atoms with E-state index in [1.54, 1.807) is 24.3 Å². The van der Waals surface area contributed by atoms with Crippen LogP contribution in [0.4, 0.5) is 5.69 Å². The number of anilines is 1. The second-order valence-corrected chi connectivity index (χ2v) is 7.99. The molecule has 0 N–H and O–H groups in total. The van der Waals surface area contributed by atoms with Gasteiger partial charge in [0.25, 0.3) is 5.91 Å². The summed E-state index contributed by atoms with van der Waals surface area (Å²) in [5, 5.41) is 0. The summed E-state index contributed by atoms with van der Waals surface area (Å²) in [6.45, 7) is 0. The molecule has 156 valence electrons. The van der Waals surface area contributed by atoms with E-state index in [-0.39, 0.29) is 23.0 Å². The molecule has 0 atom stereocenters. The van der Waals surface area contributed by atoms with Gasteiger partial charge in [-0.3, -0.25) is 4.79 Å². The van der Waals surface area contributed by atoms with Gasteiger partial charge in [0.15, 0.2) is 0 Å². The number of aromatic nitrogens is 1. The molecule has 0 aliphatic carbocycles. The van der Waals surface area contributed by atoms with E-state index in [4.69, 9.17) is 14.2 Å². The van der Waals surface area contributed by atoms with Gasteiger partial charge in [0, 0.05) is 11.6 Å². The maximum Gasteiger partial charge on any atom is 0.272 e. The lowest BCUT2D eigenvalue weighted by Gasteiger charge is -2.22. The molecule has 0 bridgehead atoms. The second-order valence-electron chi connectivity index (χ2n) is 6.16. The third-order valence-corrected chi connectivity index (χ3v) is 5.04. The monoisotopic (exact) mass is 428 g/mol. The Labute approximate surface area is 174 Å². The first-order chi connectivity index (χ1) is 14.3. The highest BCUT2D eigenvalue weighted by molar-refractivity contribution is 7.92. The van der Waals surface area contributed by atoms with Crippen LogP contribution in [0.2, 0.25) is 0 Å². The molecule has 9 heteroatoms. The number of rotatable bonds is 7. The number of para-hydroxylation sites is 1. The molecule has 0 saturated carbocycles. The summed E-state index contributed by atoms with van der Waals surface area (Å²) in [6.07, 6.45) is 0.929. The zero-order chi connectivity index (χ0) is 21.7. The molecule has 1 amide bonds. The van der Waals surface area contributed by atoms with E-state index < -0.39 is 15.9 Å². The van der Waals surface area contributed by atoms with E-state index >= 15 is 0 Å². The van der Waals surface area contributed by atoms with Gasteiger partial charge in [0.2, 0.25) is 21.8 Å². The van der Waals surface area contributed by atoms with Crippen molar-refractivity contribution in [3.63, 3.8) is 0 Å². The average Bonchev–Trinajstić information content (AvgIpc) is 2.74. The first-order valence-corrected chi connectivity index (χ1v) is 10.6. The summed E-state index contributed by atoms with van der Waals surface area (Å²) < 4.78 is 41.6. The van der Waals surface area contributed by atoms with Crippen LogP contribution in [-0.2, 0) is 10.0 Å². The highest BCUT2D eigenvalue weighted by atomic mass is 32.2. The number of carbonyl (C=O) groups excluding carboxylic acids is 1. The van der Waals surface area contributed by atoms with Gasteiger partial charge in [0.05, 0.1) is 20.5 Å². The Morgan fingerprint density at radius 2 is 1.60 bits per heavy atom. The van der Waals surface area contributed by atoms with Crippen LogP contribution < -0.4 is 18.5 Å². The summed E-state index contributed by atoms with van der Waals surface area (Å²) in [7, 11) is -1.27. The van der Waals surface area contributed by atoms with Crippen LogP contribution >= 0.6 is 0 Å². The zero-order valence-corrected chi connectivity index (χ0v) is 17.4. The molecule has 30 heavy (non-hydrogen) atoms. The number of hydrogen-bond donors (Lipinski definition) is 0. The highest BCUT2D eigenvalue weighted by Crippen LogP contribution is 2.32. The van der Waals surface area contributed by atoms with Gasteiger partial charge in [-0.15, -0.1) is 0 Å². The van der Waals surface area contributed by atoms with Gasteiger partial charge >= 0.3 is 0 Å². The molecule has 0 fully saturated rings. The molecule has 0 radical (unpaired) electrons. The highest BCUT2D eigenvalue weighted by Gasteiger charge is 2.30. The van der Waals surface area contributed by atoms with Crippen LogP contribution in [0, 0.1) is 0 Å². The Kier molecular flexibility index (Phi) is 6.22. The number of pyridine rings is 1. The Balaban J connectivity index is 2.01. The molecule has 8 nitrogen and oxygen atoms in total.